The summed E-state index contributed by atoms with van der Waals surface area (Å²) in [6.45, 7) is 5.38. The lowest BCUT2D eigenvalue weighted by Gasteiger charge is -2.18. The van der Waals surface area contributed by atoms with Crippen LogP contribution in [-0.4, -0.2) is 22.6 Å². The third-order valence-corrected chi connectivity index (χ3v) is 3.47. The smallest absolute Gasteiger partial charge is 0.348 e. The fourth-order valence-corrected chi connectivity index (χ4v) is 2.64. The second-order valence-electron chi connectivity index (χ2n) is 5.14. The Bertz CT molecular complexity index is 649. The zero-order valence-corrected chi connectivity index (χ0v) is 11.7. The number of fused-ring (bicyclic) bond motifs is 1. The highest BCUT2D eigenvalue weighted by Gasteiger charge is 2.21. The summed E-state index contributed by atoms with van der Waals surface area (Å²) >= 11 is 1.24. The van der Waals surface area contributed by atoms with Crippen LogP contribution in [0.15, 0.2) is 24.3 Å². The number of carboxylic acids is 1. The summed E-state index contributed by atoms with van der Waals surface area (Å²) in [6.07, 6.45) is 0. The summed E-state index contributed by atoms with van der Waals surface area (Å²) in [7, 11) is 0. The molecular weight excluding hydrogens is 264 g/mol. The minimum absolute atomic E-state index is 0.198. The predicted octanol–water partition coefficient (Wildman–Crippen LogP) is 3.55. The number of carboxylic acid groups (broad SMARTS) is 1. The monoisotopic (exact) mass is 278 g/mol. The van der Waals surface area contributed by atoms with Gasteiger partial charge in [0.2, 0.25) is 0 Å². The lowest BCUT2D eigenvalue weighted by molar-refractivity contribution is 0.00750. The maximum atomic E-state index is 12.0. The van der Waals surface area contributed by atoms with Crippen molar-refractivity contribution in [3.8, 4) is 0 Å². The minimum Gasteiger partial charge on any atom is -0.478 e. The number of ether oxygens (including phenoxy) is 1. The van der Waals surface area contributed by atoms with Crippen molar-refractivity contribution in [3.05, 3.63) is 34.7 Å². The van der Waals surface area contributed by atoms with Crippen LogP contribution in [0.1, 0.15) is 40.8 Å². The molecule has 0 bridgehead atoms. The van der Waals surface area contributed by atoms with Gasteiger partial charge in [-0.3, -0.25) is 0 Å². The van der Waals surface area contributed by atoms with Crippen molar-refractivity contribution in [2.45, 2.75) is 26.4 Å². The van der Waals surface area contributed by atoms with E-state index in [0.717, 1.165) is 4.70 Å². The number of hydrogen-bond acceptors (Lipinski definition) is 4. The number of benzene rings is 1. The molecule has 1 aromatic carbocycles. The SMILES string of the molecule is CC(C)(C)OC(=O)c1cc2c(C(=O)O)cccc2s1. The molecule has 0 unspecified atom stereocenters. The van der Waals surface area contributed by atoms with Crippen LogP contribution in [0.4, 0.5) is 0 Å². The molecule has 0 radical (unpaired) electrons. The van der Waals surface area contributed by atoms with Crippen LogP contribution in [0.2, 0.25) is 0 Å². The van der Waals surface area contributed by atoms with E-state index in [0.29, 0.717) is 10.3 Å². The van der Waals surface area contributed by atoms with Crippen molar-refractivity contribution in [1.82, 2.24) is 0 Å². The normalized spacial score (nSPS) is 11.5. The van der Waals surface area contributed by atoms with E-state index >= 15 is 0 Å². The molecule has 0 atom stereocenters. The molecule has 0 aliphatic carbocycles. The number of esters is 1. The van der Waals surface area contributed by atoms with Crippen molar-refractivity contribution < 1.29 is 19.4 Å². The van der Waals surface area contributed by atoms with Crippen LogP contribution >= 0.6 is 11.3 Å². The van der Waals surface area contributed by atoms with E-state index in [1.165, 1.54) is 17.4 Å². The molecule has 1 N–H and O–H groups in total. The van der Waals surface area contributed by atoms with Crippen LogP contribution in [0.5, 0.6) is 0 Å². The van der Waals surface area contributed by atoms with Gasteiger partial charge in [-0.1, -0.05) is 6.07 Å². The van der Waals surface area contributed by atoms with Crippen molar-refractivity contribution in [2.75, 3.05) is 0 Å². The molecule has 2 rings (SSSR count). The molecule has 2 aromatic rings. The van der Waals surface area contributed by atoms with Crippen LogP contribution in [0, 0.1) is 0 Å². The fourth-order valence-electron chi connectivity index (χ4n) is 1.68. The van der Waals surface area contributed by atoms with Gasteiger partial charge in [0.15, 0.2) is 0 Å². The van der Waals surface area contributed by atoms with Gasteiger partial charge in [-0.2, -0.15) is 0 Å². The molecular formula is C14H14O4S. The van der Waals surface area contributed by atoms with E-state index in [4.69, 9.17) is 9.84 Å². The summed E-state index contributed by atoms with van der Waals surface area (Å²) in [4.78, 5) is 23.5. The van der Waals surface area contributed by atoms with Gasteiger partial charge < -0.3 is 9.84 Å². The highest BCUT2D eigenvalue weighted by molar-refractivity contribution is 7.20. The maximum absolute atomic E-state index is 12.0. The first kappa shape index (κ1) is 13.5. The largest absolute Gasteiger partial charge is 0.478 e. The number of rotatable bonds is 2. The van der Waals surface area contributed by atoms with Crippen molar-refractivity contribution >= 4 is 33.4 Å². The molecule has 0 saturated carbocycles. The van der Waals surface area contributed by atoms with E-state index in [2.05, 4.69) is 0 Å². The standard InChI is InChI=1S/C14H14O4S/c1-14(2,3)18-13(17)11-7-9-8(12(15)16)5-4-6-10(9)19-11/h4-7H,1-3H3,(H,15,16). The zero-order chi connectivity index (χ0) is 14.2. The van der Waals surface area contributed by atoms with E-state index < -0.39 is 17.5 Å². The van der Waals surface area contributed by atoms with E-state index in [-0.39, 0.29) is 5.56 Å². The first-order valence-electron chi connectivity index (χ1n) is 5.77. The van der Waals surface area contributed by atoms with Gasteiger partial charge in [0.1, 0.15) is 10.5 Å². The number of carbonyl (C=O) groups is 2. The summed E-state index contributed by atoms with van der Waals surface area (Å²) in [5.41, 5.74) is -0.369. The highest BCUT2D eigenvalue weighted by Crippen LogP contribution is 2.29. The topological polar surface area (TPSA) is 63.6 Å². The molecule has 0 aliphatic rings. The Morgan fingerprint density at radius 3 is 2.53 bits per heavy atom. The van der Waals surface area contributed by atoms with Gasteiger partial charge in [0.05, 0.1) is 5.56 Å². The lowest BCUT2D eigenvalue weighted by atomic mass is 10.1. The minimum atomic E-state index is -1.00. The van der Waals surface area contributed by atoms with Gasteiger partial charge in [0, 0.05) is 10.1 Å². The van der Waals surface area contributed by atoms with Gasteiger partial charge in [-0.05, 0) is 39.0 Å². The molecule has 19 heavy (non-hydrogen) atoms. The molecule has 5 heteroatoms. The van der Waals surface area contributed by atoms with Gasteiger partial charge in [-0.15, -0.1) is 11.3 Å². The molecule has 100 valence electrons. The van der Waals surface area contributed by atoms with Gasteiger partial charge in [0.25, 0.3) is 0 Å². The Hall–Kier alpha value is -1.88. The second kappa shape index (κ2) is 4.66. The first-order chi connectivity index (χ1) is 8.78. The van der Waals surface area contributed by atoms with Gasteiger partial charge in [-0.25, -0.2) is 9.59 Å². The summed E-state index contributed by atoms with van der Waals surface area (Å²) in [5.74, 6) is -1.43. The summed E-state index contributed by atoms with van der Waals surface area (Å²) < 4.78 is 6.04. The molecule has 1 heterocycles. The lowest BCUT2D eigenvalue weighted by Crippen LogP contribution is -2.23. The first-order valence-corrected chi connectivity index (χ1v) is 6.59. The molecule has 0 saturated heterocycles. The quantitative estimate of drug-likeness (QED) is 0.853. The van der Waals surface area contributed by atoms with Crippen molar-refractivity contribution in [2.24, 2.45) is 0 Å². The molecule has 1 aromatic heterocycles. The maximum Gasteiger partial charge on any atom is 0.348 e. The second-order valence-corrected chi connectivity index (χ2v) is 6.22. The van der Waals surface area contributed by atoms with Crippen LogP contribution < -0.4 is 0 Å². The van der Waals surface area contributed by atoms with Crippen LogP contribution in [0.3, 0.4) is 0 Å². The Morgan fingerprint density at radius 1 is 1.26 bits per heavy atom. The average molecular weight is 278 g/mol. The molecule has 0 amide bonds. The Labute approximate surface area is 114 Å². The Balaban J connectivity index is 2.45. The number of thiophene rings is 1. The third kappa shape index (κ3) is 2.93. The van der Waals surface area contributed by atoms with E-state index in [1.54, 1.807) is 39.0 Å². The average Bonchev–Trinajstić information content (AvgIpc) is 2.69. The van der Waals surface area contributed by atoms with E-state index in [1.807, 2.05) is 0 Å². The van der Waals surface area contributed by atoms with Crippen LogP contribution in [0.25, 0.3) is 10.1 Å². The Morgan fingerprint density at radius 2 is 1.95 bits per heavy atom. The molecule has 0 fully saturated rings. The van der Waals surface area contributed by atoms with E-state index in [9.17, 15) is 9.59 Å². The summed E-state index contributed by atoms with van der Waals surface area (Å²) in [5, 5.41) is 9.68. The number of hydrogen-bond donors (Lipinski definition) is 1. The summed E-state index contributed by atoms with van der Waals surface area (Å²) in [6, 6.07) is 6.56. The number of carbonyl (C=O) groups excluding carboxylic acids is 1. The number of aromatic carboxylic acids is 1. The molecule has 4 nitrogen and oxygen atoms in total. The Kier molecular flexibility index (Phi) is 3.32. The molecule has 0 aliphatic heterocycles. The van der Waals surface area contributed by atoms with Gasteiger partial charge >= 0.3 is 11.9 Å². The zero-order valence-electron chi connectivity index (χ0n) is 10.9. The predicted molar refractivity (Wildman–Crippen MR) is 74.0 cm³/mol. The molecule has 0 spiro atoms. The highest BCUT2D eigenvalue weighted by atomic mass is 32.1. The van der Waals surface area contributed by atoms with Crippen LogP contribution in [-0.2, 0) is 4.74 Å². The fraction of sp³-hybridized carbons (Fsp3) is 0.286. The third-order valence-electron chi connectivity index (χ3n) is 2.39. The van der Waals surface area contributed by atoms with Crippen molar-refractivity contribution in [1.29, 1.82) is 0 Å². The van der Waals surface area contributed by atoms with Crippen molar-refractivity contribution in [3.63, 3.8) is 0 Å².